The number of nitrogens with zero attached hydrogens (tertiary/aromatic N) is 3. The van der Waals surface area contributed by atoms with E-state index in [4.69, 9.17) is 0 Å². The lowest BCUT2D eigenvalue weighted by Gasteiger charge is -2.23. The molecule has 1 aromatic rings. The van der Waals surface area contributed by atoms with Crippen LogP contribution in [0.5, 0.6) is 0 Å². The van der Waals surface area contributed by atoms with Crippen molar-refractivity contribution in [3.05, 3.63) is 29.8 Å². The number of benzene rings is 1. The third kappa shape index (κ3) is 4.39. The summed E-state index contributed by atoms with van der Waals surface area (Å²) in [7, 11) is 6.01. The van der Waals surface area contributed by atoms with Crippen LogP contribution in [-0.4, -0.2) is 51.6 Å². The summed E-state index contributed by atoms with van der Waals surface area (Å²) in [5.41, 5.74) is 3.00. The minimum atomic E-state index is 0.402. The van der Waals surface area contributed by atoms with Gasteiger partial charge in [0, 0.05) is 46.5 Å². The van der Waals surface area contributed by atoms with Crippen molar-refractivity contribution in [1.29, 1.82) is 0 Å². The lowest BCUT2D eigenvalue weighted by molar-refractivity contribution is 0.370. The van der Waals surface area contributed by atoms with E-state index in [-0.39, 0.29) is 0 Å². The van der Waals surface area contributed by atoms with E-state index in [0.29, 0.717) is 5.41 Å². The monoisotopic (exact) mass is 302 g/mol. The lowest BCUT2D eigenvalue weighted by atomic mass is 9.93. The number of hydrogen-bond acceptors (Lipinski definition) is 2. The highest BCUT2D eigenvalue weighted by molar-refractivity contribution is 5.80. The SMILES string of the molecule is CN=C(NCCc1ccc(N(C)C)cc1)N1CCC(C)(C)C1. The number of guanidine groups is 1. The van der Waals surface area contributed by atoms with Gasteiger partial charge in [0.1, 0.15) is 0 Å². The van der Waals surface area contributed by atoms with Gasteiger partial charge in [0.05, 0.1) is 0 Å². The van der Waals surface area contributed by atoms with Crippen LogP contribution < -0.4 is 10.2 Å². The Morgan fingerprint density at radius 3 is 2.45 bits per heavy atom. The predicted octanol–water partition coefficient (Wildman–Crippen LogP) is 2.60. The molecule has 0 bridgehead atoms. The van der Waals surface area contributed by atoms with Crippen LogP contribution in [0.4, 0.5) is 5.69 Å². The first-order valence-electron chi connectivity index (χ1n) is 8.13. The van der Waals surface area contributed by atoms with Gasteiger partial charge in [-0.15, -0.1) is 0 Å². The maximum absolute atomic E-state index is 4.43. The van der Waals surface area contributed by atoms with E-state index in [1.165, 1.54) is 17.7 Å². The standard InChI is InChI=1S/C18H30N4/c1-18(2)11-13-22(14-18)17(19-3)20-12-10-15-6-8-16(9-7-15)21(4)5/h6-9H,10-14H2,1-5H3,(H,19,20). The molecule has 1 aliphatic heterocycles. The highest BCUT2D eigenvalue weighted by Gasteiger charge is 2.30. The van der Waals surface area contributed by atoms with Crippen LogP contribution in [0.25, 0.3) is 0 Å². The van der Waals surface area contributed by atoms with Gasteiger partial charge < -0.3 is 15.1 Å². The summed E-state index contributed by atoms with van der Waals surface area (Å²) < 4.78 is 0. The second-order valence-corrected chi connectivity index (χ2v) is 7.12. The summed E-state index contributed by atoms with van der Waals surface area (Å²) in [6.45, 7) is 7.76. The van der Waals surface area contributed by atoms with Gasteiger partial charge in [-0.05, 0) is 36.0 Å². The Morgan fingerprint density at radius 2 is 1.95 bits per heavy atom. The van der Waals surface area contributed by atoms with E-state index in [9.17, 15) is 0 Å². The molecule has 1 saturated heterocycles. The van der Waals surface area contributed by atoms with E-state index in [1.807, 2.05) is 7.05 Å². The first kappa shape index (κ1) is 16.7. The quantitative estimate of drug-likeness (QED) is 0.685. The number of rotatable bonds is 4. The number of aliphatic imine (C=N–C) groups is 1. The topological polar surface area (TPSA) is 30.9 Å². The van der Waals surface area contributed by atoms with Gasteiger partial charge in [0.25, 0.3) is 0 Å². The van der Waals surface area contributed by atoms with Crippen LogP contribution in [0.3, 0.4) is 0 Å². The summed E-state index contributed by atoms with van der Waals surface area (Å²) >= 11 is 0. The number of hydrogen-bond donors (Lipinski definition) is 1. The summed E-state index contributed by atoms with van der Waals surface area (Å²) in [5, 5.41) is 3.50. The molecule has 1 aliphatic rings. The molecule has 0 amide bonds. The summed E-state index contributed by atoms with van der Waals surface area (Å²) in [4.78, 5) is 8.92. The summed E-state index contributed by atoms with van der Waals surface area (Å²) in [5.74, 6) is 1.04. The van der Waals surface area contributed by atoms with Crippen molar-refractivity contribution in [2.24, 2.45) is 10.4 Å². The molecule has 2 rings (SSSR count). The Bertz CT molecular complexity index is 502. The van der Waals surface area contributed by atoms with Crippen molar-refractivity contribution in [1.82, 2.24) is 10.2 Å². The van der Waals surface area contributed by atoms with Gasteiger partial charge in [-0.25, -0.2) is 0 Å². The molecule has 1 aromatic carbocycles. The molecule has 22 heavy (non-hydrogen) atoms. The van der Waals surface area contributed by atoms with Crippen LogP contribution in [0.15, 0.2) is 29.3 Å². The Kier molecular flexibility index (Phi) is 5.33. The van der Waals surface area contributed by atoms with Crippen molar-refractivity contribution < 1.29 is 0 Å². The second kappa shape index (κ2) is 7.03. The van der Waals surface area contributed by atoms with Gasteiger partial charge in [0.2, 0.25) is 0 Å². The maximum atomic E-state index is 4.43. The molecule has 1 heterocycles. The van der Waals surface area contributed by atoms with Crippen LogP contribution in [-0.2, 0) is 6.42 Å². The molecule has 0 aliphatic carbocycles. The molecule has 0 unspecified atom stereocenters. The molecule has 0 aromatic heterocycles. The summed E-state index contributed by atoms with van der Waals surface area (Å²) in [6, 6.07) is 8.76. The molecular weight excluding hydrogens is 272 g/mol. The van der Waals surface area contributed by atoms with E-state index in [0.717, 1.165) is 32.0 Å². The molecule has 4 nitrogen and oxygen atoms in total. The molecule has 4 heteroatoms. The van der Waals surface area contributed by atoms with Crippen molar-refractivity contribution in [3.8, 4) is 0 Å². The van der Waals surface area contributed by atoms with Crippen LogP contribution >= 0.6 is 0 Å². The van der Waals surface area contributed by atoms with E-state index < -0.39 is 0 Å². The van der Waals surface area contributed by atoms with E-state index >= 15 is 0 Å². The normalized spacial score (nSPS) is 17.7. The fourth-order valence-corrected chi connectivity index (χ4v) is 2.90. The zero-order valence-electron chi connectivity index (χ0n) is 14.7. The van der Waals surface area contributed by atoms with Crippen molar-refractivity contribution in [2.75, 3.05) is 45.7 Å². The molecule has 122 valence electrons. The third-order valence-electron chi connectivity index (χ3n) is 4.34. The molecule has 0 atom stereocenters. The van der Waals surface area contributed by atoms with Gasteiger partial charge >= 0.3 is 0 Å². The van der Waals surface area contributed by atoms with Gasteiger partial charge in [-0.1, -0.05) is 26.0 Å². The Balaban J connectivity index is 1.82. The average Bonchev–Trinajstić information content (AvgIpc) is 2.84. The van der Waals surface area contributed by atoms with E-state index in [1.54, 1.807) is 0 Å². The van der Waals surface area contributed by atoms with Crippen molar-refractivity contribution in [3.63, 3.8) is 0 Å². The zero-order valence-corrected chi connectivity index (χ0v) is 14.7. The van der Waals surface area contributed by atoms with Crippen LogP contribution in [0, 0.1) is 5.41 Å². The first-order valence-corrected chi connectivity index (χ1v) is 8.13. The minimum absolute atomic E-state index is 0.402. The Morgan fingerprint density at radius 1 is 1.27 bits per heavy atom. The van der Waals surface area contributed by atoms with E-state index in [2.05, 4.69) is 72.3 Å². The van der Waals surface area contributed by atoms with Crippen LogP contribution in [0.1, 0.15) is 25.8 Å². The molecule has 1 fully saturated rings. The predicted molar refractivity (Wildman–Crippen MR) is 95.8 cm³/mol. The molecule has 1 N–H and O–H groups in total. The fourth-order valence-electron chi connectivity index (χ4n) is 2.90. The van der Waals surface area contributed by atoms with Gasteiger partial charge in [-0.3, -0.25) is 4.99 Å². The van der Waals surface area contributed by atoms with Gasteiger partial charge in [0.15, 0.2) is 5.96 Å². The van der Waals surface area contributed by atoms with Crippen LogP contribution in [0.2, 0.25) is 0 Å². The second-order valence-electron chi connectivity index (χ2n) is 7.12. The number of likely N-dealkylation sites (tertiary alicyclic amines) is 1. The molecule has 0 spiro atoms. The highest BCUT2D eigenvalue weighted by Crippen LogP contribution is 2.28. The zero-order chi connectivity index (χ0) is 16.2. The van der Waals surface area contributed by atoms with Crippen molar-refractivity contribution in [2.45, 2.75) is 26.7 Å². The lowest BCUT2D eigenvalue weighted by Crippen LogP contribution is -2.41. The largest absolute Gasteiger partial charge is 0.378 e. The fraction of sp³-hybridized carbons (Fsp3) is 0.611. The third-order valence-corrected chi connectivity index (χ3v) is 4.34. The average molecular weight is 302 g/mol. The Labute approximate surface area is 135 Å². The number of anilines is 1. The minimum Gasteiger partial charge on any atom is -0.378 e. The molecular formula is C18H30N4. The van der Waals surface area contributed by atoms with Gasteiger partial charge in [-0.2, -0.15) is 0 Å². The maximum Gasteiger partial charge on any atom is 0.193 e. The first-order chi connectivity index (χ1) is 10.4. The highest BCUT2D eigenvalue weighted by atomic mass is 15.3. The van der Waals surface area contributed by atoms with Crippen molar-refractivity contribution >= 4 is 11.6 Å². The molecule has 0 saturated carbocycles. The molecule has 0 radical (unpaired) electrons. The Hall–Kier alpha value is -1.71. The summed E-state index contributed by atoms with van der Waals surface area (Å²) in [6.07, 6.45) is 2.25. The number of nitrogens with one attached hydrogen (secondary N) is 1. The smallest absolute Gasteiger partial charge is 0.193 e.